The van der Waals surface area contributed by atoms with Crippen molar-refractivity contribution >= 4 is 9.84 Å². The molecule has 0 radical (unpaired) electrons. The van der Waals surface area contributed by atoms with Crippen LogP contribution in [0.1, 0.15) is 18.4 Å². The van der Waals surface area contributed by atoms with Crippen LogP contribution in [0.3, 0.4) is 0 Å². The summed E-state index contributed by atoms with van der Waals surface area (Å²) in [4.78, 5) is 0. The van der Waals surface area contributed by atoms with Gasteiger partial charge in [-0.1, -0.05) is 19.1 Å². The molecule has 0 bridgehead atoms. The molecule has 0 heterocycles. The van der Waals surface area contributed by atoms with Gasteiger partial charge in [-0.2, -0.15) is 5.26 Å². The predicted octanol–water partition coefficient (Wildman–Crippen LogP) is 1.88. The zero-order chi connectivity index (χ0) is 15.0. The minimum absolute atomic E-state index is 0.0224. The number of nitriles is 1. The van der Waals surface area contributed by atoms with E-state index < -0.39 is 32.2 Å². The molecule has 0 saturated heterocycles. The molecule has 1 fully saturated rings. The lowest BCUT2D eigenvalue weighted by Gasteiger charge is -2.07. The van der Waals surface area contributed by atoms with Crippen LogP contribution in [0.25, 0.3) is 0 Å². The molecule has 2 rings (SSSR count). The van der Waals surface area contributed by atoms with E-state index >= 15 is 0 Å². The molecule has 1 aromatic carbocycles. The van der Waals surface area contributed by atoms with Crippen molar-refractivity contribution in [2.45, 2.75) is 18.1 Å². The maximum Gasteiger partial charge on any atom is 0.155 e. The van der Waals surface area contributed by atoms with Crippen LogP contribution in [0.15, 0.2) is 24.3 Å². The van der Waals surface area contributed by atoms with Crippen molar-refractivity contribution in [3.05, 3.63) is 35.6 Å². The van der Waals surface area contributed by atoms with Gasteiger partial charge in [0.05, 0.1) is 17.9 Å². The predicted molar refractivity (Wildman–Crippen MR) is 72.3 cm³/mol. The van der Waals surface area contributed by atoms with Crippen molar-refractivity contribution in [2.75, 3.05) is 19.5 Å². The second-order valence-corrected chi connectivity index (χ2v) is 7.40. The number of halogens is 1. The topological polar surface area (TPSA) is 67.2 Å². The van der Waals surface area contributed by atoms with Crippen molar-refractivity contribution in [3.63, 3.8) is 0 Å². The van der Waals surface area contributed by atoms with Crippen LogP contribution in [0.2, 0.25) is 0 Å². The van der Waals surface area contributed by atoms with Crippen molar-refractivity contribution in [2.24, 2.45) is 5.41 Å². The number of ether oxygens (including phenoxy) is 1. The standard InChI is InChI=1S/C14H16FNO3S/c1-3-20(17,18)13-12(14(13,8-16)9-19-2)10-5-4-6-11(15)7-10/h4-7,12-13H,3,9H2,1-2H3/t12-,13+,14+/m0/s1. The Hall–Kier alpha value is -1.45. The van der Waals surface area contributed by atoms with E-state index in [4.69, 9.17) is 4.74 Å². The molecule has 0 spiro atoms. The average Bonchev–Trinajstić information content (AvgIpc) is 3.09. The van der Waals surface area contributed by atoms with E-state index in [1.165, 1.54) is 25.3 Å². The normalized spacial score (nSPS) is 28.9. The van der Waals surface area contributed by atoms with E-state index in [-0.39, 0.29) is 12.4 Å². The largest absolute Gasteiger partial charge is 0.383 e. The fourth-order valence-electron chi connectivity index (χ4n) is 2.86. The summed E-state index contributed by atoms with van der Waals surface area (Å²) in [6, 6.07) is 7.84. The van der Waals surface area contributed by atoms with E-state index in [9.17, 15) is 18.1 Å². The maximum atomic E-state index is 13.3. The van der Waals surface area contributed by atoms with Crippen molar-refractivity contribution in [3.8, 4) is 6.07 Å². The lowest BCUT2D eigenvalue weighted by molar-refractivity contribution is 0.162. The van der Waals surface area contributed by atoms with Gasteiger partial charge in [0, 0.05) is 18.8 Å². The summed E-state index contributed by atoms with van der Waals surface area (Å²) in [5.74, 6) is -1.02. The second kappa shape index (κ2) is 5.15. The van der Waals surface area contributed by atoms with Gasteiger partial charge in [0.1, 0.15) is 11.2 Å². The van der Waals surface area contributed by atoms with Gasteiger partial charge >= 0.3 is 0 Å². The summed E-state index contributed by atoms with van der Waals surface area (Å²) in [5.41, 5.74) is -0.581. The lowest BCUT2D eigenvalue weighted by Crippen LogP contribution is -2.20. The Labute approximate surface area is 118 Å². The molecule has 1 aliphatic carbocycles. The molecule has 1 aliphatic rings. The Morgan fingerprint density at radius 1 is 1.50 bits per heavy atom. The SMILES string of the molecule is CCS(=O)(=O)[C@@H]1[C@H](c2cccc(F)c2)[C@@]1(C#N)COC. The average molecular weight is 297 g/mol. The van der Waals surface area contributed by atoms with Gasteiger partial charge in [-0.25, -0.2) is 12.8 Å². The molecule has 1 aromatic rings. The van der Waals surface area contributed by atoms with Crippen LogP contribution in [-0.4, -0.2) is 33.1 Å². The summed E-state index contributed by atoms with van der Waals surface area (Å²) in [5, 5.41) is 8.60. The second-order valence-electron chi connectivity index (χ2n) is 4.99. The summed E-state index contributed by atoms with van der Waals surface area (Å²) >= 11 is 0. The molecule has 0 amide bonds. The molecule has 0 unspecified atom stereocenters. The molecule has 3 atom stereocenters. The first-order valence-corrected chi connectivity index (χ1v) is 8.01. The minimum Gasteiger partial charge on any atom is -0.383 e. The van der Waals surface area contributed by atoms with Gasteiger partial charge in [0.25, 0.3) is 0 Å². The first kappa shape index (κ1) is 14.9. The zero-order valence-corrected chi connectivity index (χ0v) is 12.2. The summed E-state index contributed by atoms with van der Waals surface area (Å²) in [6.45, 7) is 1.57. The molecule has 108 valence electrons. The van der Waals surface area contributed by atoms with Gasteiger partial charge in [-0.15, -0.1) is 0 Å². The van der Waals surface area contributed by atoms with E-state index in [2.05, 4.69) is 6.07 Å². The highest BCUT2D eigenvalue weighted by Crippen LogP contribution is 2.62. The third-order valence-corrected chi connectivity index (χ3v) is 6.12. The van der Waals surface area contributed by atoms with E-state index in [0.717, 1.165) is 0 Å². The number of nitrogens with zero attached hydrogens (tertiary/aromatic N) is 1. The molecule has 1 saturated carbocycles. The molecule has 0 aliphatic heterocycles. The van der Waals surface area contributed by atoms with Crippen LogP contribution < -0.4 is 0 Å². The number of hydrogen-bond acceptors (Lipinski definition) is 4. The monoisotopic (exact) mass is 297 g/mol. The first-order valence-electron chi connectivity index (χ1n) is 6.30. The number of benzene rings is 1. The number of sulfone groups is 1. The quantitative estimate of drug-likeness (QED) is 0.832. The maximum absolute atomic E-state index is 13.3. The molecular formula is C14H16FNO3S. The fourth-order valence-corrected chi connectivity index (χ4v) is 4.86. The Bertz CT molecular complexity index is 653. The number of hydrogen-bond donors (Lipinski definition) is 0. The Morgan fingerprint density at radius 2 is 2.20 bits per heavy atom. The highest BCUT2D eigenvalue weighted by molar-refractivity contribution is 7.92. The van der Waals surface area contributed by atoms with E-state index in [1.807, 2.05) is 0 Å². The van der Waals surface area contributed by atoms with Gasteiger partial charge in [0.15, 0.2) is 9.84 Å². The minimum atomic E-state index is -3.40. The third kappa shape index (κ3) is 2.21. The fraction of sp³-hybridized carbons (Fsp3) is 0.500. The van der Waals surface area contributed by atoms with Gasteiger partial charge in [-0.05, 0) is 17.7 Å². The van der Waals surface area contributed by atoms with E-state index in [0.29, 0.717) is 5.56 Å². The Morgan fingerprint density at radius 3 is 2.70 bits per heavy atom. The highest BCUT2D eigenvalue weighted by Gasteiger charge is 2.71. The van der Waals surface area contributed by atoms with Crippen LogP contribution in [-0.2, 0) is 14.6 Å². The molecule has 4 nitrogen and oxygen atoms in total. The summed E-state index contributed by atoms with van der Waals surface area (Å²) < 4.78 is 42.7. The molecule has 20 heavy (non-hydrogen) atoms. The highest BCUT2D eigenvalue weighted by atomic mass is 32.2. The summed E-state index contributed by atoms with van der Waals surface area (Å²) in [6.07, 6.45) is 0. The zero-order valence-electron chi connectivity index (χ0n) is 11.3. The van der Waals surface area contributed by atoms with Crippen LogP contribution >= 0.6 is 0 Å². The third-order valence-electron chi connectivity index (χ3n) is 3.84. The van der Waals surface area contributed by atoms with Crippen LogP contribution in [0.4, 0.5) is 4.39 Å². The molecule has 0 N–H and O–H groups in total. The lowest BCUT2D eigenvalue weighted by atomic mass is 10.0. The summed E-state index contributed by atoms with van der Waals surface area (Å²) in [7, 11) is -1.98. The van der Waals surface area contributed by atoms with Crippen LogP contribution in [0.5, 0.6) is 0 Å². The number of methoxy groups -OCH3 is 1. The molecule has 6 heteroatoms. The smallest absolute Gasteiger partial charge is 0.155 e. The molecule has 0 aromatic heterocycles. The van der Waals surface area contributed by atoms with Gasteiger partial charge in [0.2, 0.25) is 0 Å². The first-order chi connectivity index (χ1) is 9.43. The van der Waals surface area contributed by atoms with E-state index in [1.54, 1.807) is 13.0 Å². The number of rotatable bonds is 5. The molecular weight excluding hydrogens is 281 g/mol. The van der Waals surface area contributed by atoms with Gasteiger partial charge < -0.3 is 4.74 Å². The van der Waals surface area contributed by atoms with Crippen LogP contribution in [0, 0.1) is 22.6 Å². The van der Waals surface area contributed by atoms with Crippen molar-refractivity contribution in [1.82, 2.24) is 0 Å². The van der Waals surface area contributed by atoms with Crippen molar-refractivity contribution < 1.29 is 17.5 Å². The van der Waals surface area contributed by atoms with Crippen molar-refractivity contribution in [1.29, 1.82) is 5.26 Å². The Balaban J connectivity index is 2.48. The Kier molecular flexibility index (Phi) is 3.85. The van der Waals surface area contributed by atoms with Gasteiger partial charge in [-0.3, -0.25) is 0 Å².